The van der Waals surface area contributed by atoms with Crippen LogP contribution in [0.4, 0.5) is 0 Å². The van der Waals surface area contributed by atoms with Crippen LogP contribution in [0, 0.1) is 13.8 Å². The maximum absolute atomic E-state index is 10.7. The molecule has 7 nitrogen and oxygen atoms in total. The quantitative estimate of drug-likeness (QED) is 0.381. The van der Waals surface area contributed by atoms with Crippen molar-refractivity contribution < 1.29 is 19.3 Å². The highest BCUT2D eigenvalue weighted by molar-refractivity contribution is 5.43. The number of benzene rings is 2. The average Bonchev–Trinajstić information content (AvgIpc) is 3.48. The van der Waals surface area contributed by atoms with E-state index in [-0.39, 0.29) is 12.2 Å². The number of ether oxygens (including phenoxy) is 3. The number of aromatic nitrogens is 2. The van der Waals surface area contributed by atoms with Crippen LogP contribution in [0.1, 0.15) is 43.5 Å². The van der Waals surface area contributed by atoms with Gasteiger partial charge in [0.05, 0.1) is 41.9 Å². The van der Waals surface area contributed by atoms with Gasteiger partial charge in [-0.15, -0.1) is 0 Å². The van der Waals surface area contributed by atoms with Gasteiger partial charge < -0.3 is 19.3 Å². The Kier molecular flexibility index (Phi) is 9.15. The predicted molar refractivity (Wildman–Crippen MR) is 141 cm³/mol. The van der Waals surface area contributed by atoms with E-state index in [0.29, 0.717) is 25.6 Å². The molecule has 1 saturated heterocycles. The Bertz CT molecular complexity index is 1080. The van der Waals surface area contributed by atoms with Crippen LogP contribution in [0.25, 0.3) is 5.69 Å². The molecule has 2 atom stereocenters. The maximum atomic E-state index is 10.7. The molecule has 0 spiro atoms. The fraction of sp³-hybridized carbons (Fsp3) is 0.483. The molecule has 1 aliphatic heterocycles. The lowest BCUT2D eigenvalue weighted by molar-refractivity contribution is -0.0173. The van der Waals surface area contributed by atoms with Crippen molar-refractivity contribution >= 4 is 0 Å². The van der Waals surface area contributed by atoms with Crippen molar-refractivity contribution in [1.82, 2.24) is 14.7 Å². The second kappa shape index (κ2) is 12.5. The summed E-state index contributed by atoms with van der Waals surface area (Å²) >= 11 is 0. The van der Waals surface area contributed by atoms with Gasteiger partial charge in [-0.1, -0.05) is 35.9 Å². The van der Waals surface area contributed by atoms with Crippen LogP contribution in [0.2, 0.25) is 0 Å². The summed E-state index contributed by atoms with van der Waals surface area (Å²) < 4.78 is 20.0. The normalized spacial score (nSPS) is 16.7. The highest BCUT2D eigenvalue weighted by Crippen LogP contribution is 2.32. The number of para-hydroxylation sites is 1. The van der Waals surface area contributed by atoms with Gasteiger partial charge in [0.2, 0.25) is 5.88 Å². The van der Waals surface area contributed by atoms with Crippen LogP contribution in [-0.2, 0) is 16.0 Å². The lowest BCUT2D eigenvalue weighted by Gasteiger charge is -2.28. The first-order valence-electron chi connectivity index (χ1n) is 12.9. The van der Waals surface area contributed by atoms with Gasteiger partial charge in [0, 0.05) is 26.2 Å². The van der Waals surface area contributed by atoms with Gasteiger partial charge in [-0.2, -0.15) is 5.10 Å². The van der Waals surface area contributed by atoms with Crippen LogP contribution >= 0.6 is 0 Å². The minimum Gasteiger partial charge on any atom is -0.439 e. The first-order chi connectivity index (χ1) is 17.4. The molecule has 0 bridgehead atoms. The van der Waals surface area contributed by atoms with Crippen LogP contribution in [-0.4, -0.2) is 64.4 Å². The van der Waals surface area contributed by atoms with E-state index in [1.54, 1.807) is 0 Å². The van der Waals surface area contributed by atoms with Crippen LogP contribution in [0.15, 0.2) is 54.6 Å². The van der Waals surface area contributed by atoms with E-state index in [9.17, 15) is 5.11 Å². The molecule has 0 unspecified atom stereocenters. The zero-order chi connectivity index (χ0) is 25.5. The Morgan fingerprint density at radius 3 is 2.53 bits per heavy atom. The third-order valence-electron chi connectivity index (χ3n) is 6.33. The Labute approximate surface area is 214 Å². The number of aliphatic hydroxyl groups is 1. The molecule has 7 heteroatoms. The van der Waals surface area contributed by atoms with Gasteiger partial charge in [0.25, 0.3) is 0 Å². The van der Waals surface area contributed by atoms with Crippen molar-refractivity contribution in [2.45, 2.75) is 65.4 Å². The van der Waals surface area contributed by atoms with Gasteiger partial charge in [0.1, 0.15) is 5.75 Å². The molecular formula is C29H39N3O4. The summed E-state index contributed by atoms with van der Waals surface area (Å²) in [7, 11) is 0. The molecule has 4 rings (SSSR count). The predicted octanol–water partition coefficient (Wildman–Crippen LogP) is 5.05. The molecule has 1 aromatic heterocycles. The topological polar surface area (TPSA) is 69.0 Å². The van der Waals surface area contributed by atoms with Crippen molar-refractivity contribution in [2.75, 3.05) is 26.3 Å². The highest BCUT2D eigenvalue weighted by atomic mass is 16.5. The number of hydrogen-bond acceptors (Lipinski definition) is 6. The molecule has 2 heterocycles. The summed E-state index contributed by atoms with van der Waals surface area (Å²) in [5.74, 6) is 1.45. The van der Waals surface area contributed by atoms with Crippen LogP contribution in [0.5, 0.6) is 11.6 Å². The molecule has 0 radical (unpaired) electrons. The average molecular weight is 494 g/mol. The molecule has 194 valence electrons. The summed E-state index contributed by atoms with van der Waals surface area (Å²) in [5, 5.41) is 15.6. The SMILES string of the molecule is Cc1ccc(Oc2c(CN(C[C@H](O)COC(C)C)C[C@H]3CCCO3)c(C)nn2-c2ccccc2)cc1. The van der Waals surface area contributed by atoms with E-state index < -0.39 is 6.10 Å². The third-order valence-corrected chi connectivity index (χ3v) is 6.33. The summed E-state index contributed by atoms with van der Waals surface area (Å²) in [5.41, 5.74) is 4.00. The van der Waals surface area contributed by atoms with E-state index in [0.717, 1.165) is 48.7 Å². The van der Waals surface area contributed by atoms with Crippen LogP contribution in [0.3, 0.4) is 0 Å². The third kappa shape index (κ3) is 7.17. The molecule has 0 amide bonds. The summed E-state index contributed by atoms with van der Waals surface area (Å²) in [6.45, 7) is 10.9. The minimum atomic E-state index is -0.597. The standard InChI is InChI=1S/C29H39N3O4/c1-21(2)35-20-25(33)17-31(18-27-11-8-16-34-27)19-28-23(4)30-32(24-9-6-5-7-10-24)29(28)36-26-14-12-22(3)13-15-26/h5-7,9-10,12-15,21,25,27,33H,8,11,16-20H2,1-4H3/t25-,27+/m0/s1. The lowest BCUT2D eigenvalue weighted by Crippen LogP contribution is -2.39. The summed E-state index contributed by atoms with van der Waals surface area (Å²) in [6.07, 6.45) is 1.75. The number of aliphatic hydroxyl groups excluding tert-OH is 1. The van der Waals surface area contributed by atoms with Crippen LogP contribution < -0.4 is 4.74 Å². The van der Waals surface area contributed by atoms with Gasteiger partial charge in [0.15, 0.2) is 0 Å². The largest absolute Gasteiger partial charge is 0.439 e. The molecule has 36 heavy (non-hydrogen) atoms. The van der Waals surface area contributed by atoms with Crippen molar-refractivity contribution in [2.24, 2.45) is 0 Å². The van der Waals surface area contributed by atoms with Gasteiger partial charge in [-0.25, -0.2) is 4.68 Å². The zero-order valence-corrected chi connectivity index (χ0v) is 21.9. The number of hydrogen-bond donors (Lipinski definition) is 1. The molecule has 1 aliphatic rings. The second-order valence-electron chi connectivity index (χ2n) is 9.90. The Hall–Kier alpha value is -2.71. The van der Waals surface area contributed by atoms with E-state index >= 15 is 0 Å². The zero-order valence-electron chi connectivity index (χ0n) is 21.9. The molecule has 0 aliphatic carbocycles. The number of nitrogens with zero attached hydrogens (tertiary/aromatic N) is 3. The fourth-order valence-corrected chi connectivity index (χ4v) is 4.45. The van der Waals surface area contributed by atoms with E-state index in [1.807, 2.05) is 80.1 Å². The Morgan fingerprint density at radius 2 is 1.86 bits per heavy atom. The maximum Gasteiger partial charge on any atom is 0.227 e. The number of rotatable bonds is 12. The van der Waals surface area contributed by atoms with E-state index in [1.165, 1.54) is 5.56 Å². The van der Waals surface area contributed by atoms with Crippen molar-refractivity contribution in [3.63, 3.8) is 0 Å². The summed E-state index contributed by atoms with van der Waals surface area (Å²) in [4.78, 5) is 2.24. The summed E-state index contributed by atoms with van der Waals surface area (Å²) in [6, 6.07) is 18.1. The van der Waals surface area contributed by atoms with E-state index in [2.05, 4.69) is 11.8 Å². The molecule has 1 N–H and O–H groups in total. The Morgan fingerprint density at radius 1 is 1.11 bits per heavy atom. The van der Waals surface area contributed by atoms with Crippen molar-refractivity contribution in [3.8, 4) is 17.3 Å². The molecule has 0 saturated carbocycles. The van der Waals surface area contributed by atoms with Crippen molar-refractivity contribution in [3.05, 3.63) is 71.4 Å². The Balaban J connectivity index is 1.64. The molecular weight excluding hydrogens is 454 g/mol. The number of aryl methyl sites for hydroxylation is 2. The first kappa shape index (κ1) is 26.4. The van der Waals surface area contributed by atoms with Gasteiger partial charge in [-0.3, -0.25) is 4.90 Å². The molecule has 3 aromatic rings. The van der Waals surface area contributed by atoms with Gasteiger partial charge in [-0.05, 0) is 64.8 Å². The highest BCUT2D eigenvalue weighted by Gasteiger charge is 2.26. The van der Waals surface area contributed by atoms with E-state index in [4.69, 9.17) is 19.3 Å². The second-order valence-corrected chi connectivity index (χ2v) is 9.90. The molecule has 1 fully saturated rings. The monoisotopic (exact) mass is 493 g/mol. The van der Waals surface area contributed by atoms with Gasteiger partial charge >= 0.3 is 0 Å². The lowest BCUT2D eigenvalue weighted by atomic mass is 10.1. The fourth-order valence-electron chi connectivity index (χ4n) is 4.45. The van der Waals surface area contributed by atoms with Crippen molar-refractivity contribution in [1.29, 1.82) is 0 Å². The molecule has 2 aromatic carbocycles. The smallest absolute Gasteiger partial charge is 0.227 e. The first-order valence-corrected chi connectivity index (χ1v) is 12.9. The minimum absolute atomic E-state index is 0.0760.